The highest BCUT2D eigenvalue weighted by atomic mass is 35.5. The SMILES string of the molecule is O=C(CCS(=O)(=O)c1ccc(Cl)cc1)NCc1ccc(N2CCCC2)cc1. The topological polar surface area (TPSA) is 66.5 Å². The lowest BCUT2D eigenvalue weighted by atomic mass is 10.2. The summed E-state index contributed by atoms with van der Waals surface area (Å²) in [7, 11) is -3.50. The van der Waals surface area contributed by atoms with Gasteiger partial charge in [0.1, 0.15) is 0 Å². The molecule has 1 fully saturated rings. The monoisotopic (exact) mass is 406 g/mol. The molecule has 0 bridgehead atoms. The fraction of sp³-hybridized carbons (Fsp3) is 0.350. The van der Waals surface area contributed by atoms with Crippen LogP contribution in [0.3, 0.4) is 0 Å². The van der Waals surface area contributed by atoms with Crippen LogP contribution >= 0.6 is 11.6 Å². The number of carbonyl (C=O) groups excluding carboxylic acids is 1. The van der Waals surface area contributed by atoms with E-state index in [1.54, 1.807) is 0 Å². The summed E-state index contributed by atoms with van der Waals surface area (Å²) in [6, 6.07) is 14.1. The van der Waals surface area contributed by atoms with Gasteiger partial charge in [0, 0.05) is 36.8 Å². The Bertz CT molecular complexity index is 874. The molecule has 1 N–H and O–H groups in total. The molecule has 1 saturated heterocycles. The molecular formula is C20H23ClN2O3S. The van der Waals surface area contributed by atoms with Crippen LogP contribution in [0.25, 0.3) is 0 Å². The van der Waals surface area contributed by atoms with Crippen LogP contribution in [0.5, 0.6) is 0 Å². The molecule has 1 aliphatic rings. The van der Waals surface area contributed by atoms with Gasteiger partial charge in [0.15, 0.2) is 9.84 Å². The van der Waals surface area contributed by atoms with Gasteiger partial charge in [-0.25, -0.2) is 8.42 Å². The maximum absolute atomic E-state index is 12.3. The third kappa shape index (κ3) is 5.47. The first-order valence-electron chi connectivity index (χ1n) is 9.03. The molecule has 0 saturated carbocycles. The van der Waals surface area contributed by atoms with Gasteiger partial charge in [0.2, 0.25) is 5.91 Å². The fourth-order valence-corrected chi connectivity index (χ4v) is 4.44. The second-order valence-electron chi connectivity index (χ2n) is 6.66. The van der Waals surface area contributed by atoms with Crippen LogP contribution in [0.4, 0.5) is 5.69 Å². The van der Waals surface area contributed by atoms with Crippen molar-refractivity contribution in [3.63, 3.8) is 0 Å². The van der Waals surface area contributed by atoms with Crippen LogP contribution in [-0.2, 0) is 21.2 Å². The lowest BCUT2D eigenvalue weighted by Crippen LogP contribution is -2.25. The molecule has 27 heavy (non-hydrogen) atoms. The van der Waals surface area contributed by atoms with Crippen molar-refractivity contribution in [1.82, 2.24) is 5.32 Å². The lowest BCUT2D eigenvalue weighted by Gasteiger charge is -2.17. The Morgan fingerprint density at radius 1 is 1.00 bits per heavy atom. The maximum Gasteiger partial charge on any atom is 0.221 e. The molecule has 2 aromatic rings. The van der Waals surface area contributed by atoms with Crippen LogP contribution in [0, 0.1) is 0 Å². The second-order valence-corrected chi connectivity index (χ2v) is 9.21. The zero-order valence-corrected chi connectivity index (χ0v) is 16.6. The van der Waals surface area contributed by atoms with Gasteiger partial charge < -0.3 is 10.2 Å². The molecule has 1 amide bonds. The van der Waals surface area contributed by atoms with Crippen molar-refractivity contribution >= 4 is 33.0 Å². The predicted molar refractivity (Wildman–Crippen MR) is 108 cm³/mol. The van der Waals surface area contributed by atoms with E-state index in [-0.39, 0.29) is 23.0 Å². The maximum atomic E-state index is 12.3. The summed E-state index contributed by atoms with van der Waals surface area (Å²) in [5, 5.41) is 3.26. The highest BCUT2D eigenvalue weighted by molar-refractivity contribution is 7.91. The highest BCUT2D eigenvalue weighted by Crippen LogP contribution is 2.20. The Balaban J connectivity index is 1.47. The van der Waals surface area contributed by atoms with Crippen molar-refractivity contribution in [2.45, 2.75) is 30.7 Å². The van der Waals surface area contributed by atoms with Crippen molar-refractivity contribution in [1.29, 1.82) is 0 Å². The van der Waals surface area contributed by atoms with Crippen LogP contribution in [-0.4, -0.2) is 33.2 Å². The number of hydrogen-bond donors (Lipinski definition) is 1. The molecule has 144 valence electrons. The number of benzene rings is 2. The number of sulfone groups is 1. The van der Waals surface area contributed by atoms with Gasteiger partial charge in [-0.15, -0.1) is 0 Å². The van der Waals surface area contributed by atoms with Crippen molar-refractivity contribution in [3.05, 3.63) is 59.1 Å². The number of halogens is 1. The molecule has 3 rings (SSSR count). The average Bonchev–Trinajstić information content (AvgIpc) is 3.20. The summed E-state index contributed by atoms with van der Waals surface area (Å²) in [6.07, 6.45) is 2.39. The second kappa shape index (κ2) is 8.76. The van der Waals surface area contributed by atoms with Crippen LogP contribution in [0.1, 0.15) is 24.8 Å². The Morgan fingerprint density at radius 3 is 2.26 bits per heavy atom. The number of anilines is 1. The molecule has 2 aromatic carbocycles. The first-order valence-corrected chi connectivity index (χ1v) is 11.1. The van der Waals surface area contributed by atoms with E-state index in [0.29, 0.717) is 11.6 Å². The molecule has 0 atom stereocenters. The number of nitrogens with zero attached hydrogens (tertiary/aromatic N) is 1. The first-order chi connectivity index (χ1) is 12.9. The van der Waals surface area contributed by atoms with Crippen LogP contribution in [0.15, 0.2) is 53.4 Å². The van der Waals surface area contributed by atoms with Crippen molar-refractivity contribution < 1.29 is 13.2 Å². The van der Waals surface area contributed by atoms with Gasteiger partial charge in [0.25, 0.3) is 0 Å². The summed E-state index contributed by atoms with van der Waals surface area (Å²) in [5.74, 6) is -0.509. The van der Waals surface area contributed by atoms with E-state index in [0.717, 1.165) is 18.7 Å². The van der Waals surface area contributed by atoms with E-state index in [1.165, 1.54) is 42.8 Å². The predicted octanol–water partition coefficient (Wildman–Crippen LogP) is 3.42. The quantitative estimate of drug-likeness (QED) is 0.765. The Morgan fingerprint density at radius 2 is 1.63 bits per heavy atom. The molecule has 0 aromatic heterocycles. The first kappa shape index (κ1) is 19.7. The third-order valence-electron chi connectivity index (χ3n) is 4.67. The average molecular weight is 407 g/mol. The minimum absolute atomic E-state index is 0.0726. The van der Waals surface area contributed by atoms with E-state index in [2.05, 4.69) is 22.3 Å². The van der Waals surface area contributed by atoms with Gasteiger partial charge in [0.05, 0.1) is 10.6 Å². The van der Waals surface area contributed by atoms with Gasteiger partial charge >= 0.3 is 0 Å². The molecule has 0 radical (unpaired) electrons. The number of carbonyl (C=O) groups is 1. The summed E-state index contributed by atoms with van der Waals surface area (Å²) in [5.41, 5.74) is 2.20. The van der Waals surface area contributed by atoms with Crippen LogP contribution < -0.4 is 10.2 Å². The van der Waals surface area contributed by atoms with E-state index < -0.39 is 9.84 Å². The smallest absolute Gasteiger partial charge is 0.221 e. The third-order valence-corrected chi connectivity index (χ3v) is 6.65. The Kier molecular flexibility index (Phi) is 6.39. The molecule has 1 heterocycles. The summed E-state index contributed by atoms with van der Waals surface area (Å²) in [4.78, 5) is 14.5. The minimum atomic E-state index is -3.50. The normalized spacial score (nSPS) is 14.3. The number of hydrogen-bond acceptors (Lipinski definition) is 4. The molecule has 0 aliphatic carbocycles. The molecule has 5 nitrogen and oxygen atoms in total. The molecule has 0 unspecified atom stereocenters. The van der Waals surface area contributed by atoms with Crippen molar-refractivity contribution in [3.8, 4) is 0 Å². The highest BCUT2D eigenvalue weighted by Gasteiger charge is 2.16. The molecule has 0 spiro atoms. The van der Waals surface area contributed by atoms with Gasteiger partial charge in [-0.2, -0.15) is 0 Å². The Labute approximate surface area is 165 Å². The summed E-state index contributed by atoms with van der Waals surface area (Å²) in [6.45, 7) is 2.58. The van der Waals surface area contributed by atoms with Gasteiger partial charge in [-0.05, 0) is 54.8 Å². The zero-order chi connectivity index (χ0) is 19.3. The van der Waals surface area contributed by atoms with Gasteiger partial charge in [-0.3, -0.25) is 4.79 Å². The number of amides is 1. The summed E-state index contributed by atoms with van der Waals surface area (Å²) >= 11 is 5.77. The largest absolute Gasteiger partial charge is 0.372 e. The number of rotatable bonds is 7. The fourth-order valence-electron chi connectivity index (χ4n) is 3.08. The molecular weight excluding hydrogens is 384 g/mol. The lowest BCUT2D eigenvalue weighted by molar-refractivity contribution is -0.120. The van der Waals surface area contributed by atoms with E-state index in [4.69, 9.17) is 11.6 Å². The van der Waals surface area contributed by atoms with Gasteiger partial charge in [-0.1, -0.05) is 23.7 Å². The van der Waals surface area contributed by atoms with E-state index in [1.807, 2.05) is 12.1 Å². The summed E-state index contributed by atoms with van der Waals surface area (Å²) < 4.78 is 24.5. The zero-order valence-electron chi connectivity index (χ0n) is 15.0. The number of nitrogens with one attached hydrogen (secondary N) is 1. The van der Waals surface area contributed by atoms with E-state index >= 15 is 0 Å². The van der Waals surface area contributed by atoms with E-state index in [9.17, 15) is 13.2 Å². The van der Waals surface area contributed by atoms with Crippen molar-refractivity contribution in [2.75, 3.05) is 23.7 Å². The molecule has 7 heteroatoms. The Hall–Kier alpha value is -2.05. The van der Waals surface area contributed by atoms with Crippen molar-refractivity contribution in [2.24, 2.45) is 0 Å². The molecule has 1 aliphatic heterocycles. The standard InChI is InChI=1S/C20H23ClN2O3S/c21-17-5-9-19(10-6-17)27(25,26)14-11-20(24)22-15-16-3-7-18(8-4-16)23-12-1-2-13-23/h3-10H,1-2,11-15H2,(H,22,24). The van der Waals surface area contributed by atoms with Crippen LogP contribution in [0.2, 0.25) is 5.02 Å². The minimum Gasteiger partial charge on any atom is -0.372 e.